The lowest BCUT2D eigenvalue weighted by atomic mass is 10.0. The summed E-state index contributed by atoms with van der Waals surface area (Å²) in [6.07, 6.45) is 0.398. The first-order chi connectivity index (χ1) is 14.3. The number of esters is 1. The molecule has 0 spiro atoms. The first-order valence-corrected chi connectivity index (χ1v) is 11.1. The summed E-state index contributed by atoms with van der Waals surface area (Å²) < 4.78 is 37.1. The normalized spacial score (nSPS) is 15.6. The fourth-order valence-corrected chi connectivity index (χ4v) is 4.28. The van der Waals surface area contributed by atoms with Crippen LogP contribution in [-0.4, -0.2) is 40.1 Å². The van der Waals surface area contributed by atoms with Gasteiger partial charge >= 0.3 is 5.97 Å². The number of para-hydroxylation sites is 1. The Hall–Kier alpha value is -2.62. The molecule has 160 valence electrons. The van der Waals surface area contributed by atoms with Crippen LogP contribution < -0.4 is 14.8 Å². The number of rotatable bonds is 8. The zero-order valence-corrected chi connectivity index (χ0v) is 17.5. The van der Waals surface area contributed by atoms with E-state index in [9.17, 15) is 18.0 Å². The minimum absolute atomic E-state index is 0.000474. The number of amides is 1. The van der Waals surface area contributed by atoms with Crippen molar-refractivity contribution < 1.29 is 27.5 Å². The van der Waals surface area contributed by atoms with Crippen molar-refractivity contribution in [3.05, 3.63) is 59.1 Å². The van der Waals surface area contributed by atoms with Crippen LogP contribution in [0.25, 0.3) is 0 Å². The van der Waals surface area contributed by atoms with Crippen LogP contribution in [-0.2, 0) is 24.3 Å². The van der Waals surface area contributed by atoms with E-state index in [-0.39, 0.29) is 28.9 Å². The molecule has 10 heteroatoms. The van der Waals surface area contributed by atoms with E-state index in [1.54, 1.807) is 6.07 Å². The fourth-order valence-electron chi connectivity index (χ4n) is 2.95. The number of carbonyl (C=O) groups excluding carboxylic acids is 2. The van der Waals surface area contributed by atoms with Gasteiger partial charge in [-0.15, -0.1) is 0 Å². The predicted octanol–water partition coefficient (Wildman–Crippen LogP) is 2.19. The first-order valence-electron chi connectivity index (χ1n) is 9.27. The summed E-state index contributed by atoms with van der Waals surface area (Å²) in [6, 6.07) is 13.0. The molecular formula is C20H21ClN2O6S. The maximum Gasteiger partial charge on any atom is 0.307 e. The zero-order chi connectivity index (χ0) is 21.6. The second-order valence-corrected chi connectivity index (χ2v) is 8.76. The summed E-state index contributed by atoms with van der Waals surface area (Å²) in [6.45, 7) is -0.128. The Bertz CT molecular complexity index is 1030. The van der Waals surface area contributed by atoms with Crippen LogP contribution in [0.4, 0.5) is 0 Å². The molecule has 1 unspecified atom stereocenters. The molecule has 3 rings (SSSR count). The highest BCUT2D eigenvalue weighted by atomic mass is 35.5. The lowest BCUT2D eigenvalue weighted by Crippen LogP contribution is -2.35. The van der Waals surface area contributed by atoms with E-state index in [1.165, 1.54) is 18.2 Å². The fraction of sp³-hybridized carbons (Fsp3) is 0.300. The van der Waals surface area contributed by atoms with Gasteiger partial charge in [0, 0.05) is 23.6 Å². The Kier molecular flexibility index (Phi) is 7.30. The van der Waals surface area contributed by atoms with Gasteiger partial charge in [0.25, 0.3) is 5.91 Å². The van der Waals surface area contributed by atoms with Gasteiger partial charge in [0.05, 0.1) is 24.0 Å². The van der Waals surface area contributed by atoms with Gasteiger partial charge in [0.15, 0.2) is 6.61 Å². The molecule has 0 saturated carbocycles. The van der Waals surface area contributed by atoms with Crippen LogP contribution in [0.15, 0.2) is 53.4 Å². The highest BCUT2D eigenvalue weighted by Gasteiger charge is 2.23. The predicted molar refractivity (Wildman–Crippen MR) is 110 cm³/mol. The first kappa shape index (κ1) is 22.1. The van der Waals surface area contributed by atoms with Crippen molar-refractivity contribution in [1.82, 2.24) is 10.0 Å². The Morgan fingerprint density at radius 1 is 1.17 bits per heavy atom. The van der Waals surface area contributed by atoms with Crippen LogP contribution in [0.5, 0.6) is 5.75 Å². The molecule has 0 radical (unpaired) electrons. The van der Waals surface area contributed by atoms with Gasteiger partial charge in [-0.1, -0.05) is 35.9 Å². The summed E-state index contributed by atoms with van der Waals surface area (Å²) in [5, 5.41) is 3.10. The molecule has 1 aliphatic heterocycles. The third-order valence-corrected chi connectivity index (χ3v) is 6.08. The number of nitrogens with one attached hydrogen (secondary N) is 2. The van der Waals surface area contributed by atoms with Crippen molar-refractivity contribution in [3.8, 4) is 5.75 Å². The van der Waals surface area contributed by atoms with Crippen LogP contribution in [0.1, 0.15) is 24.4 Å². The van der Waals surface area contributed by atoms with Crippen molar-refractivity contribution in [2.75, 3.05) is 19.8 Å². The topological polar surface area (TPSA) is 111 Å². The molecule has 1 amide bonds. The highest BCUT2D eigenvalue weighted by molar-refractivity contribution is 7.89. The van der Waals surface area contributed by atoms with E-state index in [2.05, 4.69) is 10.0 Å². The van der Waals surface area contributed by atoms with Gasteiger partial charge in [-0.2, -0.15) is 0 Å². The monoisotopic (exact) mass is 452 g/mol. The molecule has 8 nitrogen and oxygen atoms in total. The molecular weight excluding hydrogens is 432 g/mol. The summed E-state index contributed by atoms with van der Waals surface area (Å²) in [5.74, 6) is -0.408. The van der Waals surface area contributed by atoms with Crippen molar-refractivity contribution in [1.29, 1.82) is 0 Å². The van der Waals surface area contributed by atoms with Crippen molar-refractivity contribution in [3.63, 3.8) is 0 Å². The standard InChI is InChI=1S/C20H21ClN2O6S/c21-14-4-3-5-15(12-14)30(26,27)22-10-8-20(25)29-13-19(24)23-17-9-11-28-18-7-2-1-6-16(17)18/h1-7,12,17,22H,8-11,13H2,(H,23,24). The smallest absolute Gasteiger partial charge is 0.307 e. The van der Waals surface area contributed by atoms with Gasteiger partial charge in [-0.25, -0.2) is 13.1 Å². The number of benzene rings is 2. The lowest BCUT2D eigenvalue weighted by Gasteiger charge is -2.26. The second kappa shape index (κ2) is 9.92. The molecule has 2 aromatic carbocycles. The summed E-state index contributed by atoms with van der Waals surface area (Å²) in [7, 11) is -3.79. The van der Waals surface area contributed by atoms with Gasteiger partial charge in [0.2, 0.25) is 10.0 Å². The third-order valence-electron chi connectivity index (χ3n) is 4.39. The third kappa shape index (κ3) is 5.94. The van der Waals surface area contributed by atoms with E-state index >= 15 is 0 Å². The second-order valence-electron chi connectivity index (χ2n) is 6.56. The van der Waals surface area contributed by atoms with E-state index < -0.39 is 28.5 Å². The molecule has 0 aromatic heterocycles. The number of ether oxygens (including phenoxy) is 2. The van der Waals surface area contributed by atoms with E-state index in [1.807, 2.05) is 24.3 Å². The van der Waals surface area contributed by atoms with Crippen molar-refractivity contribution in [2.45, 2.75) is 23.8 Å². The summed E-state index contributed by atoms with van der Waals surface area (Å²) in [4.78, 5) is 24.0. The van der Waals surface area contributed by atoms with Crippen LogP contribution in [0.2, 0.25) is 5.02 Å². The summed E-state index contributed by atoms with van der Waals surface area (Å²) in [5.41, 5.74) is 0.874. The molecule has 2 N–H and O–H groups in total. The molecule has 30 heavy (non-hydrogen) atoms. The molecule has 0 aliphatic carbocycles. The molecule has 1 atom stereocenters. The number of hydrogen-bond acceptors (Lipinski definition) is 6. The van der Waals surface area contributed by atoms with Crippen molar-refractivity contribution in [2.24, 2.45) is 0 Å². The van der Waals surface area contributed by atoms with Gasteiger partial charge in [-0.05, 0) is 24.3 Å². The van der Waals surface area contributed by atoms with E-state index in [0.29, 0.717) is 13.0 Å². The Morgan fingerprint density at radius 2 is 1.97 bits per heavy atom. The molecule has 1 aliphatic rings. The van der Waals surface area contributed by atoms with E-state index in [4.69, 9.17) is 21.1 Å². The van der Waals surface area contributed by atoms with Crippen LogP contribution in [0, 0.1) is 0 Å². The van der Waals surface area contributed by atoms with Crippen molar-refractivity contribution >= 4 is 33.5 Å². The Balaban J connectivity index is 1.41. The largest absolute Gasteiger partial charge is 0.493 e. The molecule has 0 fully saturated rings. The minimum atomic E-state index is -3.79. The molecule has 1 heterocycles. The highest BCUT2D eigenvalue weighted by Crippen LogP contribution is 2.31. The van der Waals surface area contributed by atoms with Crippen LogP contribution in [0.3, 0.4) is 0 Å². The maximum absolute atomic E-state index is 12.2. The number of fused-ring (bicyclic) bond motifs is 1. The molecule has 0 saturated heterocycles. The number of sulfonamides is 1. The van der Waals surface area contributed by atoms with E-state index in [0.717, 1.165) is 11.3 Å². The number of hydrogen-bond donors (Lipinski definition) is 2. The maximum atomic E-state index is 12.2. The summed E-state index contributed by atoms with van der Waals surface area (Å²) >= 11 is 5.79. The molecule has 0 bridgehead atoms. The van der Waals surface area contributed by atoms with Gasteiger partial charge in [0.1, 0.15) is 5.75 Å². The Labute approximate surface area is 179 Å². The van der Waals surface area contributed by atoms with Gasteiger partial charge in [-0.3, -0.25) is 9.59 Å². The average molecular weight is 453 g/mol. The Morgan fingerprint density at radius 3 is 2.77 bits per heavy atom. The van der Waals surface area contributed by atoms with Gasteiger partial charge < -0.3 is 14.8 Å². The van der Waals surface area contributed by atoms with Crippen LogP contribution >= 0.6 is 11.6 Å². The lowest BCUT2D eigenvalue weighted by molar-refractivity contribution is -0.148. The average Bonchev–Trinajstić information content (AvgIpc) is 2.72. The number of carbonyl (C=O) groups is 2. The quantitative estimate of drug-likeness (QED) is 0.594. The number of halogens is 1. The molecule has 2 aromatic rings. The SMILES string of the molecule is O=C(COC(=O)CCNS(=O)(=O)c1cccc(Cl)c1)NC1CCOc2ccccc21. The zero-order valence-electron chi connectivity index (χ0n) is 16.0. The minimum Gasteiger partial charge on any atom is -0.493 e.